The number of rotatable bonds is 6. The summed E-state index contributed by atoms with van der Waals surface area (Å²) in [6, 6.07) is 3.88. The van der Waals surface area contributed by atoms with Crippen molar-refractivity contribution in [3.8, 4) is 34.4 Å². The first kappa shape index (κ1) is 24.6. The SMILES string of the molecule is COc1cc2c(cc1[C@@H](C)N[S@+]([O-])C(C)(C)C)-c1nc(-c3nc(C)nn3C(C)C)cn1CCO2. The van der Waals surface area contributed by atoms with Gasteiger partial charge in [0.25, 0.3) is 0 Å². The molecule has 2 atom stereocenters. The van der Waals surface area contributed by atoms with Gasteiger partial charge >= 0.3 is 0 Å². The number of hydrogen-bond acceptors (Lipinski definition) is 7. The Morgan fingerprint density at radius 1 is 1.18 bits per heavy atom. The maximum Gasteiger partial charge on any atom is 0.178 e. The second-order valence-corrected chi connectivity index (χ2v) is 11.8. The van der Waals surface area contributed by atoms with E-state index in [2.05, 4.69) is 33.2 Å². The van der Waals surface area contributed by atoms with Crippen molar-refractivity contribution < 1.29 is 14.0 Å². The van der Waals surface area contributed by atoms with Crippen LogP contribution < -0.4 is 14.2 Å². The van der Waals surface area contributed by atoms with Gasteiger partial charge in [-0.3, -0.25) is 0 Å². The van der Waals surface area contributed by atoms with Gasteiger partial charge in [-0.05, 0) is 54.5 Å². The molecule has 4 rings (SSSR count). The standard InChI is InChI=1S/C24H34N6O3S/c1-14(2)30-23(25-16(4)27-30)19-13-29-9-10-33-21-12-20(32-8)17(11-18(21)22(29)26-19)15(3)28-34(31)24(5,6)7/h11-15,28H,9-10H2,1-8H3/t15-,34-/m1/s1. The number of imidazole rings is 1. The second-order valence-electron chi connectivity index (χ2n) is 9.82. The Kier molecular flexibility index (Phi) is 6.67. The smallest absolute Gasteiger partial charge is 0.178 e. The van der Waals surface area contributed by atoms with E-state index in [1.165, 1.54) is 0 Å². The van der Waals surface area contributed by atoms with E-state index in [-0.39, 0.29) is 16.8 Å². The lowest BCUT2D eigenvalue weighted by molar-refractivity contribution is 0.304. The van der Waals surface area contributed by atoms with E-state index >= 15 is 0 Å². The largest absolute Gasteiger partial charge is 0.598 e. The zero-order valence-corrected chi connectivity index (χ0v) is 22.0. The number of aryl methyl sites for hydroxylation is 1. The van der Waals surface area contributed by atoms with E-state index in [4.69, 9.17) is 14.5 Å². The number of methoxy groups -OCH3 is 1. The Bertz CT molecular complexity index is 1180. The zero-order valence-electron chi connectivity index (χ0n) is 21.2. The van der Waals surface area contributed by atoms with Crippen molar-refractivity contribution in [2.24, 2.45) is 0 Å². The molecule has 9 nitrogen and oxygen atoms in total. The van der Waals surface area contributed by atoms with Crippen LogP contribution in [0.25, 0.3) is 22.9 Å². The van der Waals surface area contributed by atoms with Crippen molar-refractivity contribution in [2.75, 3.05) is 13.7 Å². The highest BCUT2D eigenvalue weighted by Gasteiger charge is 2.31. The average molecular weight is 487 g/mol. The second kappa shape index (κ2) is 9.24. The van der Waals surface area contributed by atoms with Crippen molar-refractivity contribution in [1.29, 1.82) is 0 Å². The zero-order chi connectivity index (χ0) is 24.8. The van der Waals surface area contributed by atoms with Gasteiger partial charge in [0.15, 0.2) is 5.82 Å². The summed E-state index contributed by atoms with van der Waals surface area (Å²) in [4.78, 5) is 9.61. The Hall–Kier alpha value is -2.56. The molecule has 0 aliphatic carbocycles. The molecule has 2 aromatic heterocycles. The van der Waals surface area contributed by atoms with Crippen molar-refractivity contribution >= 4 is 11.4 Å². The fourth-order valence-electron chi connectivity index (χ4n) is 3.92. The number of hydrogen-bond donors (Lipinski definition) is 1. The molecule has 1 N–H and O–H groups in total. The molecule has 0 bridgehead atoms. The number of fused-ring (bicyclic) bond motifs is 3. The number of benzene rings is 1. The molecular weight excluding hydrogens is 452 g/mol. The lowest BCUT2D eigenvalue weighted by Crippen LogP contribution is -2.40. The Morgan fingerprint density at radius 2 is 1.91 bits per heavy atom. The van der Waals surface area contributed by atoms with E-state index in [0.717, 1.165) is 34.3 Å². The van der Waals surface area contributed by atoms with E-state index < -0.39 is 11.4 Å². The topological polar surface area (TPSA) is 102 Å². The van der Waals surface area contributed by atoms with Crippen LogP contribution in [0.3, 0.4) is 0 Å². The Balaban J connectivity index is 1.79. The number of ether oxygens (including phenoxy) is 2. The van der Waals surface area contributed by atoms with Crippen LogP contribution in [0.2, 0.25) is 0 Å². The predicted molar refractivity (Wildman–Crippen MR) is 133 cm³/mol. The van der Waals surface area contributed by atoms with Crippen molar-refractivity contribution in [1.82, 2.24) is 29.0 Å². The predicted octanol–water partition coefficient (Wildman–Crippen LogP) is 4.21. The third-order valence-electron chi connectivity index (χ3n) is 5.70. The van der Waals surface area contributed by atoms with E-state index in [1.54, 1.807) is 7.11 Å². The quantitative estimate of drug-likeness (QED) is 0.521. The first-order valence-corrected chi connectivity index (χ1v) is 12.7. The fourth-order valence-corrected chi connectivity index (χ4v) is 4.72. The minimum Gasteiger partial charge on any atom is -0.598 e. The number of nitrogens with zero attached hydrogens (tertiary/aromatic N) is 5. The van der Waals surface area contributed by atoms with Gasteiger partial charge in [0.1, 0.15) is 40.2 Å². The minimum atomic E-state index is -1.23. The van der Waals surface area contributed by atoms with Crippen molar-refractivity contribution in [3.63, 3.8) is 0 Å². The average Bonchev–Trinajstić information content (AvgIpc) is 3.32. The summed E-state index contributed by atoms with van der Waals surface area (Å²) in [6.45, 7) is 15.0. The third-order valence-corrected chi connectivity index (χ3v) is 7.38. The molecule has 0 spiro atoms. The monoisotopic (exact) mass is 486 g/mol. The number of nitrogens with one attached hydrogen (secondary N) is 1. The molecule has 10 heteroatoms. The highest BCUT2D eigenvalue weighted by Crippen LogP contribution is 2.40. The lowest BCUT2D eigenvalue weighted by Gasteiger charge is -2.27. The first-order valence-electron chi connectivity index (χ1n) is 11.5. The Morgan fingerprint density at radius 3 is 2.56 bits per heavy atom. The van der Waals surface area contributed by atoms with Gasteiger partial charge in [-0.2, -0.15) is 5.10 Å². The summed E-state index contributed by atoms with van der Waals surface area (Å²) >= 11 is -1.23. The van der Waals surface area contributed by atoms with Crippen molar-refractivity contribution in [3.05, 3.63) is 29.7 Å². The molecule has 0 radical (unpaired) electrons. The van der Waals surface area contributed by atoms with Crippen LogP contribution in [0.4, 0.5) is 0 Å². The molecular formula is C24H34N6O3S. The van der Waals surface area contributed by atoms with Gasteiger partial charge in [-0.15, -0.1) is 4.72 Å². The van der Waals surface area contributed by atoms with Gasteiger partial charge in [-0.1, -0.05) is 0 Å². The van der Waals surface area contributed by atoms with Gasteiger partial charge in [-0.25, -0.2) is 14.6 Å². The van der Waals surface area contributed by atoms with Crippen LogP contribution in [0.5, 0.6) is 11.5 Å². The maximum atomic E-state index is 12.7. The summed E-state index contributed by atoms with van der Waals surface area (Å²) in [7, 11) is 1.63. The van der Waals surface area contributed by atoms with Gasteiger partial charge in [0.2, 0.25) is 0 Å². The summed E-state index contributed by atoms with van der Waals surface area (Å²) in [5.41, 5.74) is 2.53. The van der Waals surface area contributed by atoms with E-state index in [9.17, 15) is 4.55 Å². The van der Waals surface area contributed by atoms with Crippen LogP contribution in [-0.2, 0) is 17.9 Å². The van der Waals surface area contributed by atoms with Crippen LogP contribution in [0, 0.1) is 6.92 Å². The van der Waals surface area contributed by atoms with Crippen LogP contribution in [-0.4, -0.2) is 47.3 Å². The molecule has 1 aliphatic heterocycles. The number of aromatic nitrogens is 5. The van der Waals surface area contributed by atoms with E-state index in [1.807, 2.05) is 57.6 Å². The molecule has 184 valence electrons. The third kappa shape index (κ3) is 4.67. The van der Waals surface area contributed by atoms with Gasteiger partial charge in [0, 0.05) is 35.2 Å². The van der Waals surface area contributed by atoms with Crippen molar-refractivity contribution in [2.45, 2.75) is 71.8 Å². The highest BCUT2D eigenvalue weighted by atomic mass is 32.2. The summed E-state index contributed by atoms with van der Waals surface area (Å²) < 4.78 is 31.3. The molecule has 1 aliphatic rings. The normalized spacial score (nSPS) is 15.4. The molecule has 0 unspecified atom stereocenters. The van der Waals surface area contributed by atoms with Crippen LogP contribution in [0.1, 0.15) is 65.0 Å². The minimum absolute atomic E-state index is 0.166. The molecule has 3 heterocycles. The highest BCUT2D eigenvalue weighted by molar-refractivity contribution is 7.90. The summed E-state index contributed by atoms with van der Waals surface area (Å²) in [5.74, 6) is 3.66. The molecule has 0 saturated carbocycles. The van der Waals surface area contributed by atoms with Crippen LogP contribution in [0.15, 0.2) is 18.3 Å². The summed E-state index contributed by atoms with van der Waals surface area (Å²) in [5, 5.41) is 4.54. The molecule has 0 fully saturated rings. The maximum absolute atomic E-state index is 12.7. The van der Waals surface area contributed by atoms with Gasteiger partial charge in [0.05, 0.1) is 25.3 Å². The Labute approximate surface area is 204 Å². The first-order chi connectivity index (χ1) is 16.0. The fraction of sp³-hybridized carbons (Fsp3) is 0.542. The molecule has 0 amide bonds. The molecule has 1 aromatic carbocycles. The lowest BCUT2D eigenvalue weighted by atomic mass is 10.0. The summed E-state index contributed by atoms with van der Waals surface area (Å²) in [6.07, 6.45) is 2.01. The van der Waals surface area contributed by atoms with Crippen LogP contribution >= 0.6 is 0 Å². The molecule has 0 saturated heterocycles. The molecule has 34 heavy (non-hydrogen) atoms. The van der Waals surface area contributed by atoms with E-state index in [0.29, 0.717) is 24.7 Å². The molecule has 3 aromatic rings. The van der Waals surface area contributed by atoms with Gasteiger partial charge < -0.3 is 18.6 Å².